The monoisotopic (exact) mass is 244 g/mol. The van der Waals surface area contributed by atoms with Gasteiger partial charge in [0.05, 0.1) is 0 Å². The third-order valence-electron chi connectivity index (χ3n) is 1.86. The van der Waals surface area contributed by atoms with Crippen LogP contribution in [0.5, 0.6) is 0 Å². The molecule has 0 aromatic rings. The summed E-state index contributed by atoms with van der Waals surface area (Å²) in [6.07, 6.45) is 9.64. The molecular formula is C9H16Sn. The number of rotatable bonds is 1. The van der Waals surface area contributed by atoms with Crippen LogP contribution >= 0.6 is 0 Å². The molecule has 0 heterocycles. The van der Waals surface area contributed by atoms with Crippen molar-refractivity contribution in [3.05, 3.63) is 21.8 Å². The summed E-state index contributed by atoms with van der Waals surface area (Å²) in [6, 6.07) is 0. The van der Waals surface area contributed by atoms with Gasteiger partial charge in [-0.15, -0.1) is 0 Å². The molecule has 0 atom stereocenters. The van der Waals surface area contributed by atoms with Crippen LogP contribution in [0.1, 0.15) is 12.8 Å². The fourth-order valence-corrected chi connectivity index (χ4v) is 5.09. The van der Waals surface area contributed by atoms with E-state index >= 15 is 0 Å². The standard InChI is InChI=1S/C6H7.3CH3.Sn/c1-2-4-6-5-3-1;;;;/h1-2,6H,3,5H2;3*1H3;. The molecule has 0 aliphatic heterocycles. The van der Waals surface area contributed by atoms with Crippen molar-refractivity contribution in [2.75, 3.05) is 0 Å². The van der Waals surface area contributed by atoms with Crippen LogP contribution in [0.2, 0.25) is 14.8 Å². The van der Waals surface area contributed by atoms with E-state index in [-0.39, 0.29) is 0 Å². The Morgan fingerprint density at radius 3 is 2.20 bits per heavy atom. The Balaban J connectivity index is 2.73. The van der Waals surface area contributed by atoms with Crippen molar-refractivity contribution in [3.8, 4) is 0 Å². The summed E-state index contributed by atoms with van der Waals surface area (Å²) >= 11 is -1.66. The third kappa shape index (κ3) is 2.15. The molecule has 1 aliphatic carbocycles. The minimum atomic E-state index is -1.66. The molecule has 0 radical (unpaired) electrons. The Morgan fingerprint density at radius 1 is 1.20 bits per heavy atom. The number of allylic oxidation sites excluding steroid dienone is 4. The molecule has 0 fully saturated rings. The Kier molecular flexibility index (Phi) is 2.61. The Labute approximate surface area is 67.9 Å². The van der Waals surface area contributed by atoms with Gasteiger partial charge >= 0.3 is 67.9 Å². The summed E-state index contributed by atoms with van der Waals surface area (Å²) < 4.78 is 1.69. The molecule has 1 rings (SSSR count). The molecule has 0 nitrogen and oxygen atoms in total. The van der Waals surface area contributed by atoms with Gasteiger partial charge in [0.15, 0.2) is 0 Å². The van der Waals surface area contributed by atoms with Gasteiger partial charge in [0.2, 0.25) is 0 Å². The summed E-state index contributed by atoms with van der Waals surface area (Å²) in [7, 11) is 0. The van der Waals surface area contributed by atoms with Gasteiger partial charge in [0, 0.05) is 0 Å². The van der Waals surface area contributed by atoms with Crippen molar-refractivity contribution >= 4 is 18.4 Å². The van der Waals surface area contributed by atoms with Gasteiger partial charge in [-0.3, -0.25) is 0 Å². The molecule has 1 heteroatoms. The normalized spacial score (nSPS) is 18.9. The molecule has 10 heavy (non-hydrogen) atoms. The van der Waals surface area contributed by atoms with Crippen LogP contribution in [-0.4, -0.2) is 18.4 Å². The molecular weight excluding hydrogens is 227 g/mol. The maximum atomic E-state index is 2.47. The Hall–Kier alpha value is 0.279. The van der Waals surface area contributed by atoms with Crippen LogP contribution in [-0.2, 0) is 0 Å². The Morgan fingerprint density at radius 2 is 1.90 bits per heavy atom. The average molecular weight is 243 g/mol. The average Bonchev–Trinajstić information content (AvgIpc) is 1.88. The number of hydrogen-bond acceptors (Lipinski definition) is 0. The molecule has 0 aromatic carbocycles. The zero-order valence-corrected chi connectivity index (χ0v) is 10.0. The predicted octanol–water partition coefficient (Wildman–Crippen LogP) is 3.14. The van der Waals surface area contributed by atoms with Crippen LogP contribution in [0.25, 0.3) is 0 Å². The van der Waals surface area contributed by atoms with E-state index in [0.717, 1.165) is 0 Å². The van der Waals surface area contributed by atoms with E-state index in [2.05, 4.69) is 33.0 Å². The first-order chi connectivity index (χ1) is 4.61. The zero-order chi connectivity index (χ0) is 7.61. The molecule has 0 amide bonds. The van der Waals surface area contributed by atoms with Crippen molar-refractivity contribution in [2.24, 2.45) is 0 Å². The quantitative estimate of drug-likeness (QED) is 0.620. The minimum absolute atomic E-state index is 1.26. The predicted molar refractivity (Wildman–Crippen MR) is 49.8 cm³/mol. The zero-order valence-electron chi connectivity index (χ0n) is 7.15. The van der Waals surface area contributed by atoms with Crippen LogP contribution in [0.15, 0.2) is 21.8 Å². The molecule has 1 aliphatic rings. The van der Waals surface area contributed by atoms with Crippen molar-refractivity contribution < 1.29 is 0 Å². The summed E-state index contributed by atoms with van der Waals surface area (Å²) in [5.74, 6) is 0. The van der Waals surface area contributed by atoms with Crippen LogP contribution < -0.4 is 0 Å². The molecule has 0 bridgehead atoms. The second-order valence-electron chi connectivity index (χ2n) is 3.89. The van der Waals surface area contributed by atoms with E-state index in [1.165, 1.54) is 12.8 Å². The van der Waals surface area contributed by atoms with Gasteiger partial charge < -0.3 is 0 Å². The van der Waals surface area contributed by atoms with E-state index in [1.54, 1.807) is 3.59 Å². The van der Waals surface area contributed by atoms with Crippen molar-refractivity contribution in [2.45, 2.75) is 27.7 Å². The fourth-order valence-electron chi connectivity index (χ4n) is 1.17. The van der Waals surface area contributed by atoms with Gasteiger partial charge in [-0.25, -0.2) is 0 Å². The van der Waals surface area contributed by atoms with Gasteiger partial charge in [-0.05, 0) is 0 Å². The third-order valence-corrected chi connectivity index (χ3v) is 7.86. The van der Waals surface area contributed by atoms with Crippen molar-refractivity contribution in [1.29, 1.82) is 0 Å². The summed E-state index contributed by atoms with van der Waals surface area (Å²) in [6.45, 7) is 0. The maximum absolute atomic E-state index is 2.47. The van der Waals surface area contributed by atoms with Crippen molar-refractivity contribution in [3.63, 3.8) is 0 Å². The first-order valence-corrected chi connectivity index (χ1v) is 14.0. The van der Waals surface area contributed by atoms with E-state index in [4.69, 9.17) is 0 Å². The van der Waals surface area contributed by atoms with Gasteiger partial charge in [0.25, 0.3) is 0 Å². The Bertz CT molecular complexity index is 170. The second kappa shape index (κ2) is 3.12. The molecule has 0 N–H and O–H groups in total. The van der Waals surface area contributed by atoms with E-state index in [0.29, 0.717) is 0 Å². The van der Waals surface area contributed by atoms with Gasteiger partial charge in [0.1, 0.15) is 0 Å². The van der Waals surface area contributed by atoms with Gasteiger partial charge in [-0.1, -0.05) is 0 Å². The molecule has 0 saturated carbocycles. The number of hydrogen-bond donors (Lipinski definition) is 0. The second-order valence-corrected chi connectivity index (χ2v) is 18.4. The van der Waals surface area contributed by atoms with E-state index in [1.807, 2.05) is 0 Å². The van der Waals surface area contributed by atoms with E-state index < -0.39 is 18.4 Å². The van der Waals surface area contributed by atoms with Gasteiger partial charge in [-0.2, -0.15) is 0 Å². The molecule has 56 valence electrons. The first-order valence-electron chi connectivity index (χ1n) is 3.98. The SMILES string of the molecule is [CH3][Sn]([CH3])([CH3])[C]1=CCCC=C1. The van der Waals surface area contributed by atoms with Crippen LogP contribution in [0.3, 0.4) is 0 Å². The summed E-state index contributed by atoms with van der Waals surface area (Å²) in [4.78, 5) is 7.41. The van der Waals surface area contributed by atoms with Crippen LogP contribution in [0, 0.1) is 0 Å². The van der Waals surface area contributed by atoms with E-state index in [9.17, 15) is 0 Å². The fraction of sp³-hybridized carbons (Fsp3) is 0.556. The molecule has 0 saturated heterocycles. The molecule has 0 spiro atoms. The van der Waals surface area contributed by atoms with Crippen LogP contribution in [0.4, 0.5) is 0 Å². The topological polar surface area (TPSA) is 0 Å². The first kappa shape index (κ1) is 8.38. The van der Waals surface area contributed by atoms with Crippen molar-refractivity contribution in [1.82, 2.24) is 0 Å². The summed E-state index contributed by atoms with van der Waals surface area (Å²) in [5.41, 5.74) is 0. The summed E-state index contributed by atoms with van der Waals surface area (Å²) in [5, 5.41) is 0. The molecule has 0 aromatic heterocycles. The molecule has 0 unspecified atom stereocenters.